The van der Waals surface area contributed by atoms with E-state index in [4.69, 9.17) is 14.3 Å². The second kappa shape index (κ2) is 4.42. The molecule has 12 heavy (non-hydrogen) atoms. The highest BCUT2D eigenvalue weighted by Crippen LogP contribution is 2.17. The minimum atomic E-state index is -0.164. The first kappa shape index (κ1) is 9.48. The van der Waals surface area contributed by atoms with Gasteiger partial charge in [0.15, 0.2) is 6.29 Å². The van der Waals surface area contributed by atoms with Crippen molar-refractivity contribution in [3.05, 3.63) is 0 Å². The molecule has 0 N–H and O–H groups in total. The average molecular weight is 173 g/mol. The molecular formula is C8H15NO3. The molecule has 0 spiro atoms. The van der Waals surface area contributed by atoms with Gasteiger partial charge in [0, 0.05) is 20.0 Å². The third kappa shape index (κ3) is 2.46. The molecule has 0 aromatic rings. The van der Waals surface area contributed by atoms with Crippen LogP contribution in [0, 0.1) is 0 Å². The fraction of sp³-hybridized carbons (Fsp3) is 0.875. The van der Waals surface area contributed by atoms with Gasteiger partial charge >= 0.3 is 0 Å². The molecule has 0 aromatic carbocycles. The summed E-state index contributed by atoms with van der Waals surface area (Å²) >= 11 is 0. The quantitative estimate of drug-likeness (QED) is 0.588. The van der Waals surface area contributed by atoms with Crippen molar-refractivity contribution < 1.29 is 14.3 Å². The number of ether oxygens (including phenoxy) is 2. The van der Waals surface area contributed by atoms with E-state index in [1.165, 1.54) is 0 Å². The summed E-state index contributed by atoms with van der Waals surface area (Å²) in [5.74, 6) is 0. The maximum absolute atomic E-state index is 5.45. The van der Waals surface area contributed by atoms with Crippen LogP contribution >= 0.6 is 0 Å². The lowest BCUT2D eigenvalue weighted by atomic mass is 10.1. The molecule has 4 heteroatoms. The van der Waals surface area contributed by atoms with Gasteiger partial charge in [-0.1, -0.05) is 5.16 Å². The third-order valence-electron chi connectivity index (χ3n) is 1.79. The van der Waals surface area contributed by atoms with Gasteiger partial charge in [0.1, 0.15) is 7.11 Å². The molecule has 0 bridgehead atoms. The molecule has 0 radical (unpaired) electrons. The van der Waals surface area contributed by atoms with Crippen LogP contribution in [0.3, 0.4) is 0 Å². The Kier molecular flexibility index (Phi) is 3.49. The molecule has 1 saturated heterocycles. The zero-order valence-electron chi connectivity index (χ0n) is 7.74. The van der Waals surface area contributed by atoms with Gasteiger partial charge < -0.3 is 14.3 Å². The normalized spacial score (nSPS) is 33.8. The van der Waals surface area contributed by atoms with Crippen LogP contribution in [-0.4, -0.2) is 32.3 Å². The lowest BCUT2D eigenvalue weighted by Crippen LogP contribution is -2.32. The number of hydrogen-bond acceptors (Lipinski definition) is 4. The van der Waals surface area contributed by atoms with E-state index in [9.17, 15) is 0 Å². The van der Waals surface area contributed by atoms with Gasteiger partial charge in [-0.05, 0) is 6.92 Å². The van der Waals surface area contributed by atoms with Crippen molar-refractivity contribution in [2.75, 3.05) is 14.2 Å². The Bertz CT molecular complexity index is 170. The van der Waals surface area contributed by atoms with E-state index in [0.717, 1.165) is 12.1 Å². The van der Waals surface area contributed by atoms with Crippen LogP contribution in [0.1, 0.15) is 19.8 Å². The second-order valence-corrected chi connectivity index (χ2v) is 2.86. The number of nitrogens with zero attached hydrogens (tertiary/aromatic N) is 1. The van der Waals surface area contributed by atoms with Crippen LogP contribution < -0.4 is 0 Å². The Labute approximate surface area is 72.5 Å². The van der Waals surface area contributed by atoms with Crippen molar-refractivity contribution in [2.24, 2.45) is 5.16 Å². The summed E-state index contributed by atoms with van der Waals surface area (Å²) in [7, 11) is 3.18. The summed E-state index contributed by atoms with van der Waals surface area (Å²) in [6, 6.07) is 0. The van der Waals surface area contributed by atoms with Gasteiger partial charge in [0.05, 0.1) is 11.8 Å². The van der Waals surface area contributed by atoms with Crippen LogP contribution in [0.5, 0.6) is 0 Å². The molecule has 1 aliphatic rings. The SMILES string of the molecule is CON=C1CC(C)OC(OC)C1. The molecule has 1 aliphatic heterocycles. The summed E-state index contributed by atoms with van der Waals surface area (Å²) in [5.41, 5.74) is 1.00. The highest BCUT2D eigenvalue weighted by molar-refractivity contribution is 5.85. The van der Waals surface area contributed by atoms with Crippen LogP contribution in [0.25, 0.3) is 0 Å². The Morgan fingerprint density at radius 3 is 2.75 bits per heavy atom. The predicted octanol–water partition coefficient (Wildman–Crippen LogP) is 1.16. The van der Waals surface area contributed by atoms with E-state index in [2.05, 4.69) is 5.16 Å². The largest absolute Gasteiger partial charge is 0.399 e. The van der Waals surface area contributed by atoms with E-state index in [1.807, 2.05) is 6.92 Å². The Hall–Kier alpha value is -0.610. The summed E-state index contributed by atoms with van der Waals surface area (Å²) in [5, 5.41) is 3.89. The van der Waals surface area contributed by atoms with Gasteiger partial charge in [-0.3, -0.25) is 0 Å². The third-order valence-corrected chi connectivity index (χ3v) is 1.79. The van der Waals surface area contributed by atoms with Crippen molar-refractivity contribution in [1.29, 1.82) is 0 Å². The maximum atomic E-state index is 5.45. The van der Waals surface area contributed by atoms with Crippen molar-refractivity contribution in [3.8, 4) is 0 Å². The topological polar surface area (TPSA) is 40.0 Å². The van der Waals surface area contributed by atoms with E-state index in [1.54, 1.807) is 14.2 Å². The maximum Gasteiger partial charge on any atom is 0.162 e. The number of oxime groups is 1. The van der Waals surface area contributed by atoms with E-state index < -0.39 is 0 Å². The molecule has 0 saturated carbocycles. The highest BCUT2D eigenvalue weighted by Gasteiger charge is 2.23. The van der Waals surface area contributed by atoms with E-state index >= 15 is 0 Å². The molecule has 1 fully saturated rings. The fourth-order valence-corrected chi connectivity index (χ4v) is 1.31. The molecule has 70 valence electrons. The molecule has 1 rings (SSSR count). The minimum absolute atomic E-state index is 0.164. The minimum Gasteiger partial charge on any atom is -0.399 e. The smallest absolute Gasteiger partial charge is 0.162 e. The van der Waals surface area contributed by atoms with Gasteiger partial charge in [0.25, 0.3) is 0 Å². The van der Waals surface area contributed by atoms with Crippen molar-refractivity contribution in [2.45, 2.75) is 32.2 Å². The first-order valence-electron chi connectivity index (χ1n) is 4.03. The van der Waals surface area contributed by atoms with Gasteiger partial charge in [-0.15, -0.1) is 0 Å². The van der Waals surface area contributed by atoms with Crippen LogP contribution in [-0.2, 0) is 14.3 Å². The summed E-state index contributed by atoms with van der Waals surface area (Å²) in [6.07, 6.45) is 1.53. The predicted molar refractivity (Wildman–Crippen MR) is 45.0 cm³/mol. The lowest BCUT2D eigenvalue weighted by molar-refractivity contribution is -0.153. The molecule has 1 heterocycles. The van der Waals surface area contributed by atoms with E-state index in [0.29, 0.717) is 6.42 Å². The van der Waals surface area contributed by atoms with Crippen molar-refractivity contribution >= 4 is 5.71 Å². The Morgan fingerprint density at radius 1 is 1.42 bits per heavy atom. The van der Waals surface area contributed by atoms with Crippen molar-refractivity contribution in [3.63, 3.8) is 0 Å². The van der Waals surface area contributed by atoms with Gasteiger partial charge in [0.2, 0.25) is 0 Å². The molecule has 0 aromatic heterocycles. The number of methoxy groups -OCH3 is 1. The van der Waals surface area contributed by atoms with Crippen molar-refractivity contribution in [1.82, 2.24) is 0 Å². The number of rotatable bonds is 2. The van der Waals surface area contributed by atoms with Gasteiger partial charge in [-0.25, -0.2) is 0 Å². The van der Waals surface area contributed by atoms with Gasteiger partial charge in [-0.2, -0.15) is 0 Å². The monoisotopic (exact) mass is 173 g/mol. The Morgan fingerprint density at radius 2 is 2.17 bits per heavy atom. The second-order valence-electron chi connectivity index (χ2n) is 2.86. The highest BCUT2D eigenvalue weighted by atomic mass is 16.7. The first-order chi connectivity index (χ1) is 5.76. The number of hydrogen-bond donors (Lipinski definition) is 0. The Balaban J connectivity index is 2.51. The molecule has 0 aliphatic carbocycles. The molecule has 2 atom stereocenters. The summed E-state index contributed by atoms with van der Waals surface area (Å²) < 4.78 is 10.5. The first-order valence-corrected chi connectivity index (χ1v) is 4.03. The molecular weight excluding hydrogens is 158 g/mol. The zero-order valence-corrected chi connectivity index (χ0v) is 7.74. The standard InChI is InChI=1S/C8H15NO3/c1-6-4-7(9-11-3)5-8(10-2)12-6/h6,8H,4-5H2,1-3H3. The van der Waals surface area contributed by atoms with Crippen LogP contribution in [0.4, 0.5) is 0 Å². The van der Waals surface area contributed by atoms with Crippen LogP contribution in [0.15, 0.2) is 5.16 Å². The van der Waals surface area contributed by atoms with E-state index in [-0.39, 0.29) is 12.4 Å². The molecule has 0 amide bonds. The lowest BCUT2D eigenvalue weighted by Gasteiger charge is -2.27. The summed E-state index contributed by atoms with van der Waals surface area (Å²) in [6.45, 7) is 2.00. The molecule has 4 nitrogen and oxygen atoms in total. The fourth-order valence-electron chi connectivity index (χ4n) is 1.31. The average Bonchev–Trinajstić information content (AvgIpc) is 2.04. The van der Waals surface area contributed by atoms with Crippen LogP contribution in [0.2, 0.25) is 0 Å². The summed E-state index contributed by atoms with van der Waals surface area (Å²) in [4.78, 5) is 4.70. The molecule has 2 unspecified atom stereocenters. The zero-order chi connectivity index (χ0) is 8.97.